The first-order valence-electron chi connectivity index (χ1n) is 7.63. The third-order valence-corrected chi connectivity index (χ3v) is 4.18. The summed E-state index contributed by atoms with van der Waals surface area (Å²) in [6.45, 7) is 2.29. The fourth-order valence-electron chi connectivity index (χ4n) is 3.09. The molecule has 0 N–H and O–H groups in total. The molecule has 0 saturated heterocycles. The van der Waals surface area contributed by atoms with Crippen LogP contribution in [0.1, 0.15) is 49.4 Å². The molecule has 1 aromatic heterocycles. The fourth-order valence-corrected chi connectivity index (χ4v) is 3.09. The van der Waals surface area contributed by atoms with Crippen molar-refractivity contribution < 1.29 is 4.74 Å². The van der Waals surface area contributed by atoms with Crippen LogP contribution >= 0.6 is 0 Å². The lowest BCUT2D eigenvalue weighted by Crippen LogP contribution is -2.10. The molecule has 0 unspecified atom stereocenters. The average Bonchev–Trinajstić information content (AvgIpc) is 2.53. The van der Waals surface area contributed by atoms with E-state index in [1.54, 1.807) is 0 Å². The summed E-state index contributed by atoms with van der Waals surface area (Å²) in [5, 5.41) is 0.979. The normalized spacial score (nSPS) is 15.8. The number of terminal acetylenes is 1. The highest BCUT2D eigenvalue weighted by Gasteiger charge is 2.20. The zero-order chi connectivity index (χ0) is 14.7. The van der Waals surface area contributed by atoms with Gasteiger partial charge >= 0.3 is 0 Å². The summed E-state index contributed by atoms with van der Waals surface area (Å²) in [6.07, 6.45) is 11.5. The lowest BCUT2D eigenvalue weighted by molar-refractivity contribution is 0.353. The number of fused-ring (bicyclic) bond motifs is 1. The molecule has 3 rings (SSSR count). The minimum Gasteiger partial charge on any atom is -0.464 e. The van der Waals surface area contributed by atoms with Gasteiger partial charge in [0.1, 0.15) is 5.82 Å². The Kier molecular flexibility index (Phi) is 4.06. The molecule has 1 aliphatic carbocycles. The standard InChI is InChI=1S/C18H20N2O/c1-3-12-21-18-16-13(2)8-7-11-15(16)19-17(20-18)14-9-5-4-6-10-14/h1,7-8,11,14H,4-6,9-10,12H2,2H3. The molecule has 0 atom stereocenters. The molecule has 1 saturated carbocycles. The van der Waals surface area contributed by atoms with Crippen LogP contribution in [0, 0.1) is 19.3 Å². The summed E-state index contributed by atoms with van der Waals surface area (Å²) in [6, 6.07) is 6.11. The van der Waals surface area contributed by atoms with Crippen molar-refractivity contribution in [2.45, 2.75) is 44.9 Å². The predicted molar refractivity (Wildman–Crippen MR) is 84.4 cm³/mol. The molecule has 0 spiro atoms. The number of ether oxygens (including phenoxy) is 1. The largest absolute Gasteiger partial charge is 0.464 e. The number of benzene rings is 1. The van der Waals surface area contributed by atoms with Crippen molar-refractivity contribution in [3.8, 4) is 18.2 Å². The van der Waals surface area contributed by atoms with Crippen molar-refractivity contribution in [3.05, 3.63) is 29.6 Å². The van der Waals surface area contributed by atoms with E-state index in [0.29, 0.717) is 11.8 Å². The summed E-state index contributed by atoms with van der Waals surface area (Å²) in [5.74, 6) is 4.52. The van der Waals surface area contributed by atoms with Gasteiger partial charge in [0.2, 0.25) is 5.88 Å². The number of aryl methyl sites for hydroxylation is 1. The molecule has 0 amide bonds. The highest BCUT2D eigenvalue weighted by atomic mass is 16.5. The minimum absolute atomic E-state index is 0.241. The van der Waals surface area contributed by atoms with Crippen molar-refractivity contribution in [1.82, 2.24) is 9.97 Å². The van der Waals surface area contributed by atoms with E-state index in [1.807, 2.05) is 12.1 Å². The fraction of sp³-hybridized carbons (Fsp3) is 0.444. The van der Waals surface area contributed by atoms with Crippen molar-refractivity contribution in [3.63, 3.8) is 0 Å². The van der Waals surface area contributed by atoms with Gasteiger partial charge in [-0.1, -0.05) is 37.3 Å². The highest BCUT2D eigenvalue weighted by Crippen LogP contribution is 2.34. The SMILES string of the molecule is C#CCOc1nc(C2CCCCC2)nc2cccc(C)c12. The second-order valence-corrected chi connectivity index (χ2v) is 5.68. The summed E-state index contributed by atoms with van der Waals surface area (Å²) in [4.78, 5) is 9.48. The number of aromatic nitrogens is 2. The average molecular weight is 280 g/mol. The maximum atomic E-state index is 5.69. The zero-order valence-corrected chi connectivity index (χ0v) is 12.4. The molecule has 1 fully saturated rings. The predicted octanol–water partition coefficient (Wildman–Crippen LogP) is 4.00. The number of nitrogens with zero attached hydrogens (tertiary/aromatic N) is 2. The quantitative estimate of drug-likeness (QED) is 0.797. The third kappa shape index (κ3) is 2.85. The van der Waals surface area contributed by atoms with Crippen LogP contribution < -0.4 is 4.74 Å². The number of hydrogen-bond acceptors (Lipinski definition) is 3. The van der Waals surface area contributed by atoms with E-state index in [2.05, 4.69) is 18.9 Å². The van der Waals surface area contributed by atoms with Gasteiger partial charge in [-0.15, -0.1) is 6.42 Å². The van der Waals surface area contributed by atoms with Crippen LogP contribution in [0.15, 0.2) is 18.2 Å². The molecule has 1 heterocycles. The lowest BCUT2D eigenvalue weighted by Gasteiger charge is -2.21. The second-order valence-electron chi connectivity index (χ2n) is 5.68. The van der Waals surface area contributed by atoms with Crippen LogP contribution in [0.25, 0.3) is 10.9 Å². The van der Waals surface area contributed by atoms with Crippen molar-refractivity contribution in [2.75, 3.05) is 6.61 Å². The number of rotatable bonds is 3. The molecule has 0 aliphatic heterocycles. The van der Waals surface area contributed by atoms with Gasteiger partial charge in [0.25, 0.3) is 0 Å². The van der Waals surface area contributed by atoms with Gasteiger partial charge in [0.15, 0.2) is 6.61 Å². The lowest BCUT2D eigenvalue weighted by atomic mass is 9.88. The summed E-state index contributed by atoms with van der Waals surface area (Å²) in [7, 11) is 0. The smallest absolute Gasteiger partial charge is 0.225 e. The third-order valence-electron chi connectivity index (χ3n) is 4.18. The molecular formula is C18H20N2O. The van der Waals surface area contributed by atoms with Crippen molar-refractivity contribution in [1.29, 1.82) is 0 Å². The number of hydrogen-bond donors (Lipinski definition) is 0. The van der Waals surface area contributed by atoms with Crippen LogP contribution in [0.3, 0.4) is 0 Å². The van der Waals surface area contributed by atoms with Crippen LogP contribution in [0.4, 0.5) is 0 Å². The molecule has 0 bridgehead atoms. The van der Waals surface area contributed by atoms with Crippen molar-refractivity contribution in [2.24, 2.45) is 0 Å². The molecule has 21 heavy (non-hydrogen) atoms. The molecule has 1 aromatic carbocycles. The maximum absolute atomic E-state index is 5.69. The first kappa shape index (κ1) is 13.9. The van der Waals surface area contributed by atoms with Gasteiger partial charge in [-0.2, -0.15) is 4.98 Å². The topological polar surface area (TPSA) is 35.0 Å². The Morgan fingerprint density at radius 1 is 1.24 bits per heavy atom. The molecule has 108 valence electrons. The van der Waals surface area contributed by atoms with Gasteiger partial charge in [-0.05, 0) is 31.4 Å². The Labute approximate surface area is 125 Å². The van der Waals surface area contributed by atoms with Gasteiger partial charge in [0, 0.05) is 5.92 Å². The van der Waals surface area contributed by atoms with Gasteiger partial charge in [-0.25, -0.2) is 4.98 Å². The molecule has 3 heteroatoms. The molecule has 0 radical (unpaired) electrons. The second kappa shape index (κ2) is 6.13. The van der Waals surface area contributed by atoms with Crippen LogP contribution in [-0.4, -0.2) is 16.6 Å². The van der Waals surface area contributed by atoms with E-state index in [9.17, 15) is 0 Å². The van der Waals surface area contributed by atoms with E-state index in [0.717, 1.165) is 22.3 Å². The van der Waals surface area contributed by atoms with Crippen LogP contribution in [-0.2, 0) is 0 Å². The van der Waals surface area contributed by atoms with Crippen molar-refractivity contribution >= 4 is 10.9 Å². The maximum Gasteiger partial charge on any atom is 0.225 e. The summed E-state index contributed by atoms with van der Waals surface area (Å²) < 4.78 is 5.69. The Balaban J connectivity index is 2.08. The van der Waals surface area contributed by atoms with E-state index >= 15 is 0 Å². The molecule has 2 aromatic rings. The van der Waals surface area contributed by atoms with Crippen LogP contribution in [0.2, 0.25) is 0 Å². The minimum atomic E-state index is 0.241. The van der Waals surface area contributed by atoms with E-state index < -0.39 is 0 Å². The Hall–Kier alpha value is -2.08. The zero-order valence-electron chi connectivity index (χ0n) is 12.4. The molecule has 1 aliphatic rings. The van der Waals surface area contributed by atoms with E-state index in [1.165, 1.54) is 32.1 Å². The Morgan fingerprint density at radius 2 is 2.05 bits per heavy atom. The van der Waals surface area contributed by atoms with Gasteiger partial charge in [0.05, 0.1) is 10.9 Å². The summed E-state index contributed by atoms with van der Waals surface area (Å²) >= 11 is 0. The molecular weight excluding hydrogens is 260 g/mol. The Morgan fingerprint density at radius 3 is 2.81 bits per heavy atom. The first-order valence-corrected chi connectivity index (χ1v) is 7.63. The Bertz CT molecular complexity index is 681. The molecule has 3 nitrogen and oxygen atoms in total. The first-order chi connectivity index (χ1) is 10.3. The van der Waals surface area contributed by atoms with Crippen LogP contribution in [0.5, 0.6) is 5.88 Å². The highest BCUT2D eigenvalue weighted by molar-refractivity contribution is 5.86. The van der Waals surface area contributed by atoms with E-state index in [-0.39, 0.29) is 6.61 Å². The summed E-state index contributed by atoms with van der Waals surface area (Å²) in [5.41, 5.74) is 2.08. The van der Waals surface area contributed by atoms with E-state index in [4.69, 9.17) is 21.1 Å². The van der Waals surface area contributed by atoms with Gasteiger partial charge < -0.3 is 4.74 Å². The monoisotopic (exact) mass is 280 g/mol. The van der Waals surface area contributed by atoms with Gasteiger partial charge in [-0.3, -0.25) is 0 Å².